The first kappa shape index (κ1) is 17.7. The topological polar surface area (TPSA) is 9.23 Å². The molecule has 0 fully saturated rings. The number of methoxy groups -OCH3 is 1. The summed E-state index contributed by atoms with van der Waals surface area (Å²) in [6.45, 7) is 11.3. The van der Waals surface area contributed by atoms with Crippen LogP contribution < -0.4 is 0 Å². The molecule has 0 saturated heterocycles. The fourth-order valence-corrected chi connectivity index (χ4v) is 4.50. The van der Waals surface area contributed by atoms with Gasteiger partial charge in [0.15, 0.2) is 0 Å². The smallest absolute Gasteiger partial charge is 0.0924 e. The van der Waals surface area contributed by atoms with E-state index in [0.29, 0.717) is 0 Å². The predicted octanol–water partition coefficient (Wildman–Crippen LogP) is 5.76. The highest BCUT2D eigenvalue weighted by Crippen LogP contribution is 2.34. The van der Waals surface area contributed by atoms with E-state index in [1.807, 2.05) is 12.1 Å². The summed E-state index contributed by atoms with van der Waals surface area (Å²) in [6.07, 6.45) is 1.99. The quantitative estimate of drug-likeness (QED) is 0.464. The van der Waals surface area contributed by atoms with Gasteiger partial charge in [0, 0.05) is 21.1 Å². The molecule has 2 rings (SSSR count). The third-order valence-corrected chi connectivity index (χ3v) is 5.53. The normalized spacial score (nSPS) is 14.3. The molecule has 2 heteroatoms. The highest BCUT2D eigenvalue weighted by atomic mass is 28.3. The first-order valence-electron chi connectivity index (χ1n) is 8.24. The van der Waals surface area contributed by atoms with E-state index in [2.05, 4.69) is 74.8 Å². The van der Waals surface area contributed by atoms with Crippen LogP contribution in [-0.4, -0.2) is 15.2 Å². The van der Waals surface area contributed by atoms with Crippen LogP contribution in [0.1, 0.15) is 28.7 Å². The molecule has 0 radical (unpaired) electrons. The predicted molar refractivity (Wildman–Crippen MR) is 103 cm³/mol. The van der Waals surface area contributed by atoms with E-state index >= 15 is 0 Å². The van der Waals surface area contributed by atoms with Crippen LogP contribution in [0, 0.1) is 0 Å². The van der Waals surface area contributed by atoms with Gasteiger partial charge in [-0.25, -0.2) is 0 Å². The maximum Gasteiger partial charge on any atom is 0.0924 e. The van der Waals surface area contributed by atoms with Crippen molar-refractivity contribution >= 4 is 8.07 Å². The Kier molecular flexibility index (Phi) is 5.97. The second-order valence-electron chi connectivity index (χ2n) is 7.31. The van der Waals surface area contributed by atoms with Crippen LogP contribution in [0.3, 0.4) is 0 Å². The lowest BCUT2D eigenvalue weighted by molar-refractivity contribution is 0.0911. The monoisotopic (exact) mass is 324 g/mol. The molecule has 2 aromatic carbocycles. The maximum absolute atomic E-state index is 5.79. The number of rotatable bonds is 7. The summed E-state index contributed by atoms with van der Waals surface area (Å²) in [6, 6.07) is 20.6. The van der Waals surface area contributed by atoms with Gasteiger partial charge in [-0.2, -0.15) is 0 Å². The van der Waals surface area contributed by atoms with Crippen LogP contribution in [-0.2, 0) is 10.8 Å². The zero-order valence-electron chi connectivity index (χ0n) is 14.8. The SMILES string of the molecule is C=C[C@H](c1ccc(C[Si](C)(C)C)cc1)[C@@H](OC)c1ccccc1. The van der Waals surface area contributed by atoms with Gasteiger partial charge >= 0.3 is 0 Å². The third kappa shape index (κ3) is 4.92. The molecule has 122 valence electrons. The lowest BCUT2D eigenvalue weighted by Crippen LogP contribution is -2.23. The van der Waals surface area contributed by atoms with Crippen molar-refractivity contribution in [3.63, 3.8) is 0 Å². The largest absolute Gasteiger partial charge is 0.376 e. The van der Waals surface area contributed by atoms with Crippen molar-refractivity contribution in [2.45, 2.75) is 37.7 Å². The zero-order chi connectivity index (χ0) is 16.9. The van der Waals surface area contributed by atoms with Crippen molar-refractivity contribution in [1.29, 1.82) is 0 Å². The Labute approximate surface area is 142 Å². The Hall–Kier alpha value is -1.64. The Morgan fingerprint density at radius 1 is 0.957 bits per heavy atom. The summed E-state index contributed by atoms with van der Waals surface area (Å²) >= 11 is 0. The second kappa shape index (κ2) is 7.76. The van der Waals surface area contributed by atoms with Gasteiger partial charge in [-0.05, 0) is 17.2 Å². The Morgan fingerprint density at radius 2 is 1.57 bits per heavy atom. The summed E-state index contributed by atoms with van der Waals surface area (Å²) < 4.78 is 5.79. The fourth-order valence-electron chi connectivity index (χ4n) is 3.04. The molecule has 0 aliphatic heterocycles. The minimum Gasteiger partial charge on any atom is -0.376 e. The number of hydrogen-bond donors (Lipinski definition) is 0. The van der Waals surface area contributed by atoms with Crippen LogP contribution in [0.25, 0.3) is 0 Å². The molecule has 0 N–H and O–H groups in total. The first-order valence-corrected chi connectivity index (χ1v) is 11.9. The van der Waals surface area contributed by atoms with E-state index in [0.717, 1.165) is 0 Å². The average molecular weight is 325 g/mol. The highest BCUT2D eigenvalue weighted by Gasteiger charge is 2.22. The molecular formula is C21H28OSi. The van der Waals surface area contributed by atoms with E-state index in [9.17, 15) is 0 Å². The molecule has 0 aliphatic rings. The van der Waals surface area contributed by atoms with Gasteiger partial charge in [0.25, 0.3) is 0 Å². The van der Waals surface area contributed by atoms with Crippen molar-refractivity contribution in [1.82, 2.24) is 0 Å². The van der Waals surface area contributed by atoms with Gasteiger partial charge in [0.1, 0.15) is 0 Å². The van der Waals surface area contributed by atoms with E-state index in [1.165, 1.54) is 22.7 Å². The van der Waals surface area contributed by atoms with Gasteiger partial charge in [-0.3, -0.25) is 0 Å². The number of ether oxygens (including phenoxy) is 1. The van der Waals surface area contributed by atoms with Gasteiger partial charge in [-0.1, -0.05) is 85.9 Å². The highest BCUT2D eigenvalue weighted by molar-refractivity contribution is 6.75. The molecule has 0 spiro atoms. The number of benzene rings is 2. The molecule has 0 bridgehead atoms. The van der Waals surface area contributed by atoms with Crippen molar-refractivity contribution in [3.05, 3.63) is 83.9 Å². The zero-order valence-corrected chi connectivity index (χ0v) is 15.8. The standard InChI is InChI=1S/C21H28OSi/c1-6-20(21(22-2)19-10-8-7-9-11-19)18-14-12-17(13-15-18)16-23(3,4)5/h6-15,20-21H,1,16H2,2-5H3/t20-,21+/m1/s1. The molecule has 0 unspecified atom stereocenters. The van der Waals surface area contributed by atoms with Gasteiger partial charge in [-0.15, -0.1) is 6.58 Å². The summed E-state index contributed by atoms with van der Waals surface area (Å²) in [7, 11) is 0.694. The summed E-state index contributed by atoms with van der Waals surface area (Å²) in [5, 5.41) is 0. The molecule has 0 saturated carbocycles. The molecule has 2 atom stereocenters. The van der Waals surface area contributed by atoms with Gasteiger partial charge in [0.2, 0.25) is 0 Å². The molecule has 23 heavy (non-hydrogen) atoms. The Balaban J connectivity index is 2.24. The van der Waals surface area contributed by atoms with E-state index in [4.69, 9.17) is 4.74 Å². The average Bonchev–Trinajstić information content (AvgIpc) is 2.53. The summed E-state index contributed by atoms with van der Waals surface area (Å²) in [4.78, 5) is 0. The molecule has 0 aliphatic carbocycles. The summed E-state index contributed by atoms with van der Waals surface area (Å²) in [5.74, 6) is 0.156. The molecular weight excluding hydrogens is 296 g/mol. The van der Waals surface area contributed by atoms with E-state index < -0.39 is 8.07 Å². The minimum absolute atomic E-state index is 0.00320. The Morgan fingerprint density at radius 3 is 2.04 bits per heavy atom. The molecule has 0 aromatic heterocycles. The van der Waals surface area contributed by atoms with Crippen molar-refractivity contribution in [2.24, 2.45) is 0 Å². The first-order chi connectivity index (χ1) is 10.9. The van der Waals surface area contributed by atoms with Gasteiger partial charge in [0.05, 0.1) is 6.10 Å². The van der Waals surface area contributed by atoms with Gasteiger partial charge < -0.3 is 4.74 Å². The molecule has 1 nitrogen and oxygen atoms in total. The minimum atomic E-state index is -1.08. The fraction of sp³-hybridized carbons (Fsp3) is 0.333. The lowest BCUT2D eigenvalue weighted by Gasteiger charge is -2.25. The number of hydrogen-bond acceptors (Lipinski definition) is 1. The lowest BCUT2D eigenvalue weighted by atomic mass is 9.88. The third-order valence-electron chi connectivity index (χ3n) is 4.06. The molecule has 0 heterocycles. The van der Waals surface area contributed by atoms with Crippen LogP contribution in [0.2, 0.25) is 19.6 Å². The van der Waals surface area contributed by atoms with E-state index in [-0.39, 0.29) is 12.0 Å². The van der Waals surface area contributed by atoms with Crippen LogP contribution in [0.4, 0.5) is 0 Å². The van der Waals surface area contributed by atoms with Crippen LogP contribution >= 0.6 is 0 Å². The summed E-state index contributed by atoms with van der Waals surface area (Å²) in [5.41, 5.74) is 3.88. The van der Waals surface area contributed by atoms with Crippen molar-refractivity contribution in [3.8, 4) is 0 Å². The van der Waals surface area contributed by atoms with Crippen LogP contribution in [0.5, 0.6) is 0 Å². The van der Waals surface area contributed by atoms with E-state index in [1.54, 1.807) is 7.11 Å². The molecule has 2 aromatic rings. The van der Waals surface area contributed by atoms with Crippen molar-refractivity contribution in [2.75, 3.05) is 7.11 Å². The molecule has 0 amide bonds. The maximum atomic E-state index is 5.79. The second-order valence-corrected chi connectivity index (χ2v) is 12.8. The Bertz CT molecular complexity index is 611. The van der Waals surface area contributed by atoms with Crippen molar-refractivity contribution < 1.29 is 4.74 Å². The van der Waals surface area contributed by atoms with Crippen LogP contribution in [0.15, 0.2) is 67.3 Å².